The van der Waals surface area contributed by atoms with Crippen molar-refractivity contribution < 1.29 is 0 Å². The normalized spacial score (nSPS) is 11.5. The molecule has 5 rings (SSSR count). The van der Waals surface area contributed by atoms with Crippen LogP contribution in [0, 0.1) is 0 Å². The smallest absolute Gasteiger partial charge is 0.125 e. The third-order valence-corrected chi connectivity index (χ3v) is 5.13. The van der Waals surface area contributed by atoms with Crippen molar-refractivity contribution in [2.24, 2.45) is 0 Å². The highest BCUT2D eigenvalue weighted by atomic mass is 32.1. The predicted octanol–water partition coefficient (Wildman–Crippen LogP) is 5.06. The largest absolute Gasteiger partial charge is 0.244 e. The van der Waals surface area contributed by atoms with E-state index in [1.807, 2.05) is 18.3 Å². The predicted molar refractivity (Wildman–Crippen MR) is 95.7 cm³/mol. The first-order valence-corrected chi connectivity index (χ1v) is 8.19. The van der Waals surface area contributed by atoms with Gasteiger partial charge in [0.1, 0.15) is 11.2 Å². The Morgan fingerprint density at radius 3 is 2.78 bits per heavy atom. The average Bonchev–Trinajstić information content (AvgIpc) is 2.99. The summed E-state index contributed by atoms with van der Waals surface area (Å²) in [5.41, 5.74) is 2.94. The average molecular weight is 313 g/mol. The Morgan fingerprint density at radius 1 is 0.826 bits per heavy atom. The lowest BCUT2D eigenvalue weighted by molar-refractivity contribution is 1.22. The summed E-state index contributed by atoms with van der Waals surface area (Å²) in [7, 11) is 0. The van der Waals surface area contributed by atoms with E-state index in [1.54, 1.807) is 17.7 Å². The second-order valence-electron chi connectivity index (χ2n) is 5.41. The highest BCUT2D eigenvalue weighted by Gasteiger charge is 2.10. The van der Waals surface area contributed by atoms with Gasteiger partial charge in [0, 0.05) is 32.6 Å². The molecule has 4 heteroatoms. The van der Waals surface area contributed by atoms with Crippen LogP contribution in [0.1, 0.15) is 0 Å². The number of benzene rings is 2. The van der Waals surface area contributed by atoms with Crippen LogP contribution in [0.25, 0.3) is 42.5 Å². The fourth-order valence-electron chi connectivity index (χ4n) is 2.98. The standard InChI is InChI=1S/C19H11N3S/c1-2-7-17-13(5-1)14-8-9-16(22-19(14)23-17)15-6-3-4-12-10-20-11-21-18(12)15/h1-11H. The van der Waals surface area contributed by atoms with Gasteiger partial charge in [0.25, 0.3) is 0 Å². The quantitative estimate of drug-likeness (QED) is 0.434. The molecule has 3 aromatic heterocycles. The number of fused-ring (bicyclic) bond motifs is 4. The van der Waals surface area contributed by atoms with Crippen LogP contribution >= 0.6 is 11.3 Å². The SMILES string of the molecule is c1cc(-c2ccc3c(n2)sc2ccccc23)c2ncncc2c1. The van der Waals surface area contributed by atoms with Crippen molar-refractivity contribution in [3.63, 3.8) is 0 Å². The molecule has 0 amide bonds. The Bertz CT molecular complexity index is 1170. The van der Waals surface area contributed by atoms with Crippen molar-refractivity contribution in [1.29, 1.82) is 0 Å². The van der Waals surface area contributed by atoms with E-state index in [0.717, 1.165) is 27.0 Å². The van der Waals surface area contributed by atoms with Crippen molar-refractivity contribution in [2.75, 3.05) is 0 Å². The van der Waals surface area contributed by atoms with Crippen molar-refractivity contribution in [3.8, 4) is 11.3 Å². The van der Waals surface area contributed by atoms with Gasteiger partial charge in [-0.1, -0.05) is 36.4 Å². The Kier molecular flexibility index (Phi) is 2.66. The monoisotopic (exact) mass is 313 g/mol. The summed E-state index contributed by atoms with van der Waals surface area (Å²) in [5.74, 6) is 0. The fourth-order valence-corrected chi connectivity index (χ4v) is 4.05. The molecule has 5 aromatic rings. The Balaban J connectivity index is 1.81. The number of rotatable bonds is 1. The maximum atomic E-state index is 4.89. The van der Waals surface area contributed by atoms with E-state index in [4.69, 9.17) is 4.98 Å². The molecule has 0 N–H and O–H groups in total. The zero-order valence-corrected chi connectivity index (χ0v) is 12.9. The summed E-state index contributed by atoms with van der Waals surface area (Å²) in [5, 5.41) is 3.51. The summed E-state index contributed by atoms with van der Waals surface area (Å²) in [6.07, 6.45) is 3.42. The maximum Gasteiger partial charge on any atom is 0.125 e. The van der Waals surface area contributed by atoms with Gasteiger partial charge in [-0.05, 0) is 18.2 Å². The van der Waals surface area contributed by atoms with Crippen molar-refractivity contribution in [3.05, 3.63) is 67.1 Å². The Labute approximate surface area is 136 Å². The third kappa shape index (κ3) is 1.92. The molecule has 0 radical (unpaired) electrons. The molecule has 108 valence electrons. The van der Waals surface area contributed by atoms with E-state index in [0.29, 0.717) is 0 Å². The first kappa shape index (κ1) is 12.7. The molecule has 0 bridgehead atoms. The van der Waals surface area contributed by atoms with Gasteiger partial charge in [-0.2, -0.15) is 0 Å². The topological polar surface area (TPSA) is 38.7 Å². The molecule has 0 aliphatic rings. The number of hydrogen-bond acceptors (Lipinski definition) is 4. The van der Waals surface area contributed by atoms with Crippen LogP contribution in [0.2, 0.25) is 0 Å². The number of para-hydroxylation sites is 1. The molecular weight excluding hydrogens is 302 g/mol. The molecule has 0 unspecified atom stereocenters. The first-order valence-electron chi connectivity index (χ1n) is 7.37. The molecule has 0 saturated heterocycles. The third-order valence-electron chi connectivity index (χ3n) is 4.05. The minimum absolute atomic E-state index is 0.940. The maximum absolute atomic E-state index is 4.89. The van der Waals surface area contributed by atoms with Gasteiger partial charge in [0.2, 0.25) is 0 Å². The van der Waals surface area contributed by atoms with Crippen LogP contribution in [-0.2, 0) is 0 Å². The van der Waals surface area contributed by atoms with E-state index in [-0.39, 0.29) is 0 Å². The molecular formula is C19H11N3S. The molecule has 0 atom stereocenters. The Morgan fingerprint density at radius 2 is 1.78 bits per heavy atom. The van der Waals surface area contributed by atoms with Crippen LogP contribution in [0.3, 0.4) is 0 Å². The summed E-state index contributed by atoms with van der Waals surface area (Å²) in [6.45, 7) is 0. The van der Waals surface area contributed by atoms with Crippen LogP contribution in [0.5, 0.6) is 0 Å². The minimum atomic E-state index is 0.940. The van der Waals surface area contributed by atoms with Gasteiger partial charge >= 0.3 is 0 Å². The number of aromatic nitrogens is 3. The van der Waals surface area contributed by atoms with E-state index >= 15 is 0 Å². The number of pyridine rings is 1. The highest BCUT2D eigenvalue weighted by molar-refractivity contribution is 7.25. The highest BCUT2D eigenvalue weighted by Crippen LogP contribution is 2.34. The first-order chi connectivity index (χ1) is 11.4. The molecule has 23 heavy (non-hydrogen) atoms. The molecule has 3 heterocycles. The van der Waals surface area contributed by atoms with E-state index < -0.39 is 0 Å². The number of thiophene rings is 1. The van der Waals surface area contributed by atoms with Gasteiger partial charge in [-0.3, -0.25) is 0 Å². The number of hydrogen-bond donors (Lipinski definition) is 0. The number of nitrogens with zero attached hydrogens (tertiary/aromatic N) is 3. The van der Waals surface area contributed by atoms with Crippen molar-refractivity contribution in [1.82, 2.24) is 15.0 Å². The van der Waals surface area contributed by atoms with E-state index in [2.05, 4.69) is 52.4 Å². The van der Waals surface area contributed by atoms with Gasteiger partial charge in [-0.25, -0.2) is 15.0 Å². The van der Waals surface area contributed by atoms with Gasteiger partial charge in [0.05, 0.1) is 11.2 Å². The summed E-state index contributed by atoms with van der Waals surface area (Å²) in [6, 6.07) is 18.8. The second kappa shape index (κ2) is 4.83. The van der Waals surface area contributed by atoms with Crippen molar-refractivity contribution in [2.45, 2.75) is 0 Å². The summed E-state index contributed by atoms with van der Waals surface area (Å²) in [4.78, 5) is 14.5. The minimum Gasteiger partial charge on any atom is -0.244 e. The lowest BCUT2D eigenvalue weighted by atomic mass is 10.1. The van der Waals surface area contributed by atoms with Crippen LogP contribution in [-0.4, -0.2) is 15.0 Å². The van der Waals surface area contributed by atoms with Crippen LogP contribution < -0.4 is 0 Å². The summed E-state index contributed by atoms with van der Waals surface area (Å²) < 4.78 is 1.27. The lowest BCUT2D eigenvalue weighted by Gasteiger charge is -2.04. The Hall–Kier alpha value is -2.85. The second-order valence-corrected chi connectivity index (χ2v) is 6.44. The van der Waals surface area contributed by atoms with Gasteiger partial charge < -0.3 is 0 Å². The zero-order chi connectivity index (χ0) is 15.2. The lowest BCUT2D eigenvalue weighted by Crippen LogP contribution is -1.88. The van der Waals surface area contributed by atoms with Crippen LogP contribution in [0.4, 0.5) is 0 Å². The summed E-state index contributed by atoms with van der Waals surface area (Å²) >= 11 is 1.73. The molecule has 2 aromatic carbocycles. The van der Waals surface area contributed by atoms with Crippen LogP contribution in [0.15, 0.2) is 67.1 Å². The molecule has 0 fully saturated rings. The molecule has 0 aliphatic heterocycles. The molecule has 0 spiro atoms. The van der Waals surface area contributed by atoms with E-state index in [1.165, 1.54) is 15.5 Å². The van der Waals surface area contributed by atoms with Crippen molar-refractivity contribution >= 4 is 42.5 Å². The van der Waals surface area contributed by atoms with Gasteiger partial charge in [0.15, 0.2) is 0 Å². The van der Waals surface area contributed by atoms with E-state index in [9.17, 15) is 0 Å². The zero-order valence-electron chi connectivity index (χ0n) is 12.1. The van der Waals surface area contributed by atoms with Gasteiger partial charge in [-0.15, -0.1) is 11.3 Å². The molecule has 0 aliphatic carbocycles. The fraction of sp³-hybridized carbons (Fsp3) is 0. The molecule has 3 nitrogen and oxygen atoms in total. The molecule has 0 saturated carbocycles.